The number of nitrogens with one attached hydrogen (secondary N) is 1. The molecule has 4 aromatic rings. The maximum atomic E-state index is 13.1. The van der Waals surface area contributed by atoms with Gasteiger partial charge in [-0.15, -0.1) is 10.2 Å². The average Bonchev–Trinajstić information content (AvgIpc) is 3.27. The summed E-state index contributed by atoms with van der Waals surface area (Å²) < 4.78 is 24.2. The normalized spacial score (nSPS) is 11.7. The molecule has 162 valence electrons. The van der Waals surface area contributed by atoms with Crippen molar-refractivity contribution in [3.05, 3.63) is 102 Å². The summed E-state index contributed by atoms with van der Waals surface area (Å²) in [7, 11) is 0. The summed E-state index contributed by atoms with van der Waals surface area (Å²) in [5, 5.41) is 10.6. The van der Waals surface area contributed by atoms with Crippen LogP contribution in [0.2, 0.25) is 0 Å². The van der Waals surface area contributed by atoms with E-state index in [1.807, 2.05) is 61.5 Å². The van der Waals surface area contributed by atoms with E-state index in [1.165, 1.54) is 24.3 Å². The Morgan fingerprint density at radius 2 is 1.75 bits per heavy atom. The highest BCUT2D eigenvalue weighted by Gasteiger charge is 2.25. The highest BCUT2D eigenvalue weighted by Crippen LogP contribution is 2.35. The Morgan fingerprint density at radius 1 is 1.03 bits per heavy atom. The van der Waals surface area contributed by atoms with Crippen molar-refractivity contribution in [1.82, 2.24) is 10.2 Å². The van der Waals surface area contributed by atoms with Crippen LogP contribution in [0.15, 0.2) is 88.5 Å². The summed E-state index contributed by atoms with van der Waals surface area (Å²) in [6, 6.07) is 22.6. The Hall–Kier alpha value is -3.65. The van der Waals surface area contributed by atoms with Gasteiger partial charge in [0.1, 0.15) is 16.8 Å². The van der Waals surface area contributed by atoms with E-state index < -0.39 is 5.25 Å². The molecular formula is C24H20FN3O3S. The smallest absolute Gasteiger partial charge is 0.277 e. The summed E-state index contributed by atoms with van der Waals surface area (Å²) in [5.41, 5.74) is 2.63. The second-order valence-electron chi connectivity index (χ2n) is 6.97. The summed E-state index contributed by atoms with van der Waals surface area (Å²) in [4.78, 5) is 13.1. The molecule has 0 aliphatic heterocycles. The van der Waals surface area contributed by atoms with E-state index in [9.17, 15) is 9.18 Å². The van der Waals surface area contributed by atoms with Crippen LogP contribution >= 0.6 is 11.8 Å². The van der Waals surface area contributed by atoms with Crippen LogP contribution < -0.4 is 10.1 Å². The van der Waals surface area contributed by atoms with Crippen molar-refractivity contribution in [2.75, 3.05) is 5.32 Å². The highest BCUT2D eigenvalue weighted by molar-refractivity contribution is 8.00. The van der Waals surface area contributed by atoms with E-state index in [-0.39, 0.29) is 29.4 Å². The van der Waals surface area contributed by atoms with Crippen LogP contribution in [0.1, 0.15) is 22.3 Å². The molecule has 6 nitrogen and oxygen atoms in total. The molecule has 8 heteroatoms. The number of halogens is 1. The first-order valence-corrected chi connectivity index (χ1v) is 10.7. The lowest BCUT2D eigenvalue weighted by Crippen LogP contribution is -2.19. The van der Waals surface area contributed by atoms with E-state index in [0.29, 0.717) is 11.4 Å². The molecular weight excluding hydrogens is 429 g/mol. The van der Waals surface area contributed by atoms with E-state index in [0.717, 1.165) is 22.9 Å². The van der Waals surface area contributed by atoms with Crippen LogP contribution in [0.3, 0.4) is 0 Å². The maximum Gasteiger partial charge on any atom is 0.277 e. The number of nitrogens with zero attached hydrogens (tertiary/aromatic N) is 2. The number of thioether (sulfide) groups is 1. The third kappa shape index (κ3) is 5.73. The fourth-order valence-electron chi connectivity index (χ4n) is 2.87. The van der Waals surface area contributed by atoms with Crippen molar-refractivity contribution < 1.29 is 18.3 Å². The van der Waals surface area contributed by atoms with Crippen LogP contribution in [-0.4, -0.2) is 16.1 Å². The van der Waals surface area contributed by atoms with Gasteiger partial charge >= 0.3 is 0 Å². The maximum absolute atomic E-state index is 13.1. The topological polar surface area (TPSA) is 77.2 Å². The molecule has 1 N–H and O–H groups in total. The molecule has 0 aliphatic rings. The van der Waals surface area contributed by atoms with Gasteiger partial charge in [0.25, 0.3) is 11.1 Å². The zero-order chi connectivity index (χ0) is 22.3. The molecule has 0 saturated carbocycles. The first-order valence-electron chi connectivity index (χ1n) is 9.87. The van der Waals surface area contributed by atoms with Gasteiger partial charge < -0.3 is 14.5 Å². The summed E-state index contributed by atoms with van der Waals surface area (Å²) in [6.07, 6.45) is 0. The van der Waals surface area contributed by atoms with Crippen molar-refractivity contribution in [3.8, 4) is 5.75 Å². The number of benzene rings is 3. The zero-order valence-electron chi connectivity index (χ0n) is 17.2. The van der Waals surface area contributed by atoms with Gasteiger partial charge in [-0.25, -0.2) is 4.39 Å². The standard InChI is InChI=1S/C24H20FN3O3S/c1-16-7-11-19(12-8-16)26-23(29)22(17-5-3-2-4-6-17)32-24-28-27-21(31-24)15-30-20-13-9-18(25)10-14-20/h2-14,22H,15H2,1H3,(H,26,29). The molecule has 0 radical (unpaired) electrons. The number of aromatic nitrogens is 2. The lowest BCUT2D eigenvalue weighted by atomic mass is 10.1. The molecule has 1 aromatic heterocycles. The van der Waals surface area contributed by atoms with Crippen LogP contribution in [-0.2, 0) is 11.4 Å². The first kappa shape index (κ1) is 21.6. The largest absolute Gasteiger partial charge is 0.484 e. The molecule has 0 spiro atoms. The quantitative estimate of drug-likeness (QED) is 0.355. The second kappa shape index (κ2) is 10.1. The van der Waals surface area contributed by atoms with Gasteiger partial charge in [-0.1, -0.05) is 48.0 Å². The van der Waals surface area contributed by atoms with Gasteiger partial charge in [-0.05, 0) is 60.6 Å². The number of carbonyl (C=O) groups is 1. The molecule has 1 heterocycles. The van der Waals surface area contributed by atoms with Gasteiger partial charge in [-0.3, -0.25) is 4.79 Å². The van der Waals surface area contributed by atoms with Gasteiger partial charge in [0.2, 0.25) is 5.91 Å². The van der Waals surface area contributed by atoms with Crippen LogP contribution in [0, 0.1) is 12.7 Å². The van der Waals surface area contributed by atoms with Crippen LogP contribution in [0.4, 0.5) is 10.1 Å². The zero-order valence-corrected chi connectivity index (χ0v) is 18.0. The van der Waals surface area contributed by atoms with Crippen molar-refractivity contribution >= 4 is 23.4 Å². The lowest BCUT2D eigenvalue weighted by Gasteiger charge is -2.15. The van der Waals surface area contributed by atoms with E-state index >= 15 is 0 Å². The Kier molecular flexibility index (Phi) is 6.81. The molecule has 3 aromatic carbocycles. The number of anilines is 1. The number of hydrogen-bond acceptors (Lipinski definition) is 6. The number of aryl methyl sites for hydroxylation is 1. The summed E-state index contributed by atoms with van der Waals surface area (Å²) in [5.74, 6) is 0.193. The van der Waals surface area contributed by atoms with Crippen molar-refractivity contribution in [1.29, 1.82) is 0 Å². The average molecular weight is 450 g/mol. The van der Waals surface area contributed by atoms with Gasteiger partial charge in [-0.2, -0.15) is 0 Å². The Bertz CT molecular complexity index is 1170. The van der Waals surface area contributed by atoms with Gasteiger partial charge in [0.05, 0.1) is 0 Å². The molecule has 32 heavy (non-hydrogen) atoms. The molecule has 0 fully saturated rings. The fourth-order valence-corrected chi connectivity index (χ4v) is 3.76. The second-order valence-corrected chi connectivity index (χ2v) is 8.02. The molecule has 0 bridgehead atoms. The molecule has 1 unspecified atom stereocenters. The van der Waals surface area contributed by atoms with Gasteiger partial charge in [0.15, 0.2) is 6.61 Å². The number of ether oxygens (including phenoxy) is 1. The molecule has 0 saturated heterocycles. The van der Waals surface area contributed by atoms with E-state index in [2.05, 4.69) is 15.5 Å². The third-order valence-electron chi connectivity index (χ3n) is 4.50. The number of carbonyl (C=O) groups excluding carboxylic acids is 1. The Morgan fingerprint density at radius 3 is 2.47 bits per heavy atom. The first-order chi connectivity index (χ1) is 15.6. The highest BCUT2D eigenvalue weighted by atomic mass is 32.2. The Balaban J connectivity index is 1.45. The summed E-state index contributed by atoms with van der Waals surface area (Å²) in [6.45, 7) is 2.02. The van der Waals surface area contributed by atoms with Crippen LogP contribution in [0.5, 0.6) is 5.75 Å². The molecule has 1 atom stereocenters. The minimum Gasteiger partial charge on any atom is -0.484 e. The molecule has 4 rings (SSSR count). The molecule has 1 amide bonds. The SMILES string of the molecule is Cc1ccc(NC(=O)C(Sc2nnc(COc3ccc(F)cc3)o2)c2ccccc2)cc1. The van der Waals surface area contributed by atoms with Crippen molar-refractivity contribution in [3.63, 3.8) is 0 Å². The predicted octanol–water partition coefficient (Wildman–Crippen LogP) is 5.57. The van der Waals surface area contributed by atoms with Crippen molar-refractivity contribution in [2.24, 2.45) is 0 Å². The predicted molar refractivity (Wildman–Crippen MR) is 120 cm³/mol. The minimum absolute atomic E-state index is 0.0325. The van der Waals surface area contributed by atoms with Crippen molar-refractivity contribution in [2.45, 2.75) is 24.0 Å². The minimum atomic E-state index is -0.594. The number of rotatable bonds is 8. The number of hydrogen-bond donors (Lipinski definition) is 1. The number of amides is 1. The molecule has 0 aliphatic carbocycles. The van der Waals surface area contributed by atoms with Crippen LogP contribution in [0.25, 0.3) is 0 Å². The lowest BCUT2D eigenvalue weighted by molar-refractivity contribution is -0.115. The van der Waals surface area contributed by atoms with Gasteiger partial charge in [0, 0.05) is 5.69 Å². The Labute approximate surface area is 188 Å². The van der Waals surface area contributed by atoms with E-state index in [4.69, 9.17) is 9.15 Å². The van der Waals surface area contributed by atoms with E-state index in [1.54, 1.807) is 0 Å². The third-order valence-corrected chi connectivity index (χ3v) is 5.59. The fraction of sp³-hybridized carbons (Fsp3) is 0.125. The monoisotopic (exact) mass is 449 g/mol. The summed E-state index contributed by atoms with van der Waals surface area (Å²) >= 11 is 1.16.